The average Bonchev–Trinajstić information content (AvgIpc) is 2.51. The number of terminal acetylenes is 1. The molecule has 24 heavy (non-hydrogen) atoms. The molecule has 0 rings (SSSR count). The zero-order chi connectivity index (χ0) is 18.5. The Balaban J connectivity index is 4.44. The van der Waals surface area contributed by atoms with Crippen LogP contribution in [0.4, 0.5) is 0 Å². The summed E-state index contributed by atoms with van der Waals surface area (Å²) in [6.45, 7) is 18.4. The van der Waals surface area contributed by atoms with Crippen LogP contribution in [0.5, 0.6) is 0 Å². The summed E-state index contributed by atoms with van der Waals surface area (Å²) in [4.78, 5) is 0. The molecule has 0 aromatic heterocycles. The number of hydrogen-bond donors (Lipinski definition) is 1. The zero-order valence-electron chi connectivity index (χ0n) is 16.5. The van der Waals surface area contributed by atoms with E-state index in [1.54, 1.807) is 0 Å². The third-order valence-electron chi connectivity index (χ3n) is 4.25. The van der Waals surface area contributed by atoms with E-state index in [2.05, 4.69) is 66.0 Å². The van der Waals surface area contributed by atoms with Crippen molar-refractivity contribution in [2.45, 2.75) is 52.8 Å². The molecular formula is C22H36BN. The smallest absolute Gasteiger partial charge is 0.105 e. The van der Waals surface area contributed by atoms with Gasteiger partial charge in [-0.1, -0.05) is 63.0 Å². The lowest BCUT2D eigenvalue weighted by Crippen LogP contribution is -2.26. The van der Waals surface area contributed by atoms with Gasteiger partial charge in [-0.3, -0.25) is 0 Å². The molecule has 0 bridgehead atoms. The van der Waals surface area contributed by atoms with Crippen molar-refractivity contribution in [1.82, 2.24) is 5.32 Å². The van der Waals surface area contributed by atoms with Crippen molar-refractivity contribution in [3.8, 4) is 12.3 Å². The summed E-state index contributed by atoms with van der Waals surface area (Å²) in [5.74, 6) is 4.61. The Kier molecular flexibility index (Phi) is 12.1. The van der Waals surface area contributed by atoms with Crippen molar-refractivity contribution in [2.24, 2.45) is 11.8 Å². The van der Waals surface area contributed by atoms with Gasteiger partial charge in [0.25, 0.3) is 0 Å². The Morgan fingerprint density at radius 1 is 1.29 bits per heavy atom. The number of nitrogens with one attached hydrogen (secondary N) is 1. The normalized spacial score (nSPS) is 16.1. The molecule has 0 aromatic rings. The quantitative estimate of drug-likeness (QED) is 0.311. The van der Waals surface area contributed by atoms with Gasteiger partial charge < -0.3 is 5.32 Å². The minimum Gasteiger partial charge on any atom is -0.312 e. The molecule has 0 amide bonds. The molecule has 0 heterocycles. The third-order valence-corrected chi connectivity index (χ3v) is 4.25. The SMILES string of the molecule is BC(C)CC(CCC(C)C#C)CNCC(=C)/C(C)=C/C(C)=C\C=C. The van der Waals surface area contributed by atoms with E-state index in [1.807, 2.05) is 12.2 Å². The molecule has 0 saturated carbocycles. The van der Waals surface area contributed by atoms with Crippen LogP contribution in [0, 0.1) is 24.2 Å². The highest BCUT2D eigenvalue weighted by molar-refractivity contribution is 6.11. The highest BCUT2D eigenvalue weighted by atomic mass is 14.9. The van der Waals surface area contributed by atoms with E-state index in [-0.39, 0.29) is 0 Å². The van der Waals surface area contributed by atoms with Crippen LogP contribution in [0.15, 0.2) is 48.1 Å². The van der Waals surface area contributed by atoms with Crippen molar-refractivity contribution < 1.29 is 0 Å². The van der Waals surface area contributed by atoms with Crippen LogP contribution in [-0.4, -0.2) is 20.9 Å². The van der Waals surface area contributed by atoms with Gasteiger partial charge >= 0.3 is 0 Å². The largest absolute Gasteiger partial charge is 0.312 e. The van der Waals surface area contributed by atoms with Crippen molar-refractivity contribution in [3.05, 3.63) is 48.1 Å². The van der Waals surface area contributed by atoms with Gasteiger partial charge in [0.15, 0.2) is 0 Å². The summed E-state index contributed by atoms with van der Waals surface area (Å²) in [5.41, 5.74) is 3.57. The Morgan fingerprint density at radius 2 is 1.96 bits per heavy atom. The molecule has 132 valence electrons. The fraction of sp³-hybridized carbons (Fsp3) is 0.545. The summed E-state index contributed by atoms with van der Waals surface area (Å²) >= 11 is 0. The molecular weight excluding hydrogens is 289 g/mol. The van der Waals surface area contributed by atoms with Gasteiger partial charge in [0.2, 0.25) is 0 Å². The molecule has 2 heteroatoms. The second-order valence-corrected chi connectivity index (χ2v) is 7.35. The maximum atomic E-state index is 5.50. The van der Waals surface area contributed by atoms with E-state index in [4.69, 9.17) is 6.42 Å². The molecule has 0 aliphatic rings. The first-order valence-corrected chi connectivity index (χ1v) is 9.12. The lowest BCUT2D eigenvalue weighted by molar-refractivity contribution is 0.394. The lowest BCUT2D eigenvalue weighted by atomic mass is 9.79. The molecule has 3 atom stereocenters. The Morgan fingerprint density at radius 3 is 2.50 bits per heavy atom. The van der Waals surface area contributed by atoms with Crippen LogP contribution in [0.3, 0.4) is 0 Å². The van der Waals surface area contributed by atoms with Crippen LogP contribution in [0.2, 0.25) is 5.82 Å². The molecule has 0 aliphatic heterocycles. The molecule has 0 aliphatic carbocycles. The van der Waals surface area contributed by atoms with E-state index in [9.17, 15) is 0 Å². The standard InChI is InChI=1S/C22H36BN/c1-8-10-18(4)13-19(5)20(6)15-24-16-22(14-21(7)23)12-11-17(3)9-2/h2,8,10,13,17,21-22,24H,1,6,11-12,14-16,23H2,3-5,7H3/b18-10-,19-13+. The summed E-state index contributed by atoms with van der Waals surface area (Å²) < 4.78 is 0. The second-order valence-electron chi connectivity index (χ2n) is 7.35. The summed E-state index contributed by atoms with van der Waals surface area (Å²) in [7, 11) is 2.29. The van der Waals surface area contributed by atoms with E-state index in [1.165, 1.54) is 24.0 Å². The van der Waals surface area contributed by atoms with Gasteiger partial charge in [0.1, 0.15) is 7.85 Å². The molecule has 0 aromatic carbocycles. The van der Waals surface area contributed by atoms with E-state index < -0.39 is 0 Å². The topological polar surface area (TPSA) is 12.0 Å². The van der Waals surface area contributed by atoms with Crippen molar-refractivity contribution in [3.63, 3.8) is 0 Å². The van der Waals surface area contributed by atoms with Crippen molar-refractivity contribution >= 4 is 7.85 Å². The summed E-state index contributed by atoms with van der Waals surface area (Å²) in [6.07, 6.45) is 15.0. The Bertz CT molecular complexity index is 491. The van der Waals surface area contributed by atoms with Gasteiger partial charge in [0, 0.05) is 12.5 Å². The van der Waals surface area contributed by atoms with Gasteiger partial charge in [-0.25, -0.2) is 0 Å². The van der Waals surface area contributed by atoms with E-state index in [0.29, 0.717) is 11.8 Å². The fourth-order valence-corrected chi connectivity index (χ4v) is 2.78. The Labute approximate surface area is 151 Å². The first-order chi connectivity index (χ1) is 11.3. The van der Waals surface area contributed by atoms with E-state index in [0.717, 1.165) is 30.9 Å². The highest BCUT2D eigenvalue weighted by Crippen LogP contribution is 2.21. The fourth-order valence-electron chi connectivity index (χ4n) is 2.78. The molecule has 0 fully saturated rings. The van der Waals surface area contributed by atoms with Gasteiger partial charge in [-0.05, 0) is 50.3 Å². The lowest BCUT2D eigenvalue weighted by Gasteiger charge is -2.21. The first kappa shape index (κ1) is 22.5. The van der Waals surface area contributed by atoms with Crippen molar-refractivity contribution in [2.75, 3.05) is 13.1 Å². The number of rotatable bonds is 12. The highest BCUT2D eigenvalue weighted by Gasteiger charge is 2.12. The molecule has 0 spiro atoms. The third kappa shape index (κ3) is 11.1. The minimum atomic E-state index is 0.374. The monoisotopic (exact) mass is 325 g/mol. The predicted molar refractivity (Wildman–Crippen MR) is 113 cm³/mol. The van der Waals surface area contributed by atoms with Gasteiger partial charge in [-0.15, -0.1) is 12.3 Å². The molecule has 0 saturated heterocycles. The molecule has 1 N–H and O–H groups in total. The molecule has 3 unspecified atom stereocenters. The van der Waals surface area contributed by atoms with Crippen LogP contribution in [0.1, 0.15) is 47.0 Å². The minimum absolute atomic E-state index is 0.374. The number of allylic oxidation sites excluding steroid dienone is 4. The van der Waals surface area contributed by atoms with Crippen LogP contribution < -0.4 is 5.32 Å². The van der Waals surface area contributed by atoms with Gasteiger partial charge in [0.05, 0.1) is 0 Å². The van der Waals surface area contributed by atoms with Crippen LogP contribution in [0.25, 0.3) is 0 Å². The molecule has 0 radical (unpaired) electrons. The summed E-state index contributed by atoms with van der Waals surface area (Å²) in [6, 6.07) is 0. The van der Waals surface area contributed by atoms with Gasteiger partial charge in [-0.2, -0.15) is 0 Å². The van der Waals surface area contributed by atoms with Crippen LogP contribution in [-0.2, 0) is 0 Å². The predicted octanol–water partition coefficient (Wildman–Crippen LogP) is 4.71. The number of hydrogen-bond acceptors (Lipinski definition) is 1. The molecule has 1 nitrogen and oxygen atoms in total. The maximum Gasteiger partial charge on any atom is 0.105 e. The second kappa shape index (κ2) is 12.9. The summed E-state index contributed by atoms with van der Waals surface area (Å²) in [5, 5.41) is 3.59. The van der Waals surface area contributed by atoms with Crippen LogP contribution >= 0.6 is 0 Å². The average molecular weight is 325 g/mol. The first-order valence-electron chi connectivity index (χ1n) is 9.12. The van der Waals surface area contributed by atoms with E-state index >= 15 is 0 Å². The zero-order valence-corrected chi connectivity index (χ0v) is 16.5. The van der Waals surface area contributed by atoms with Crippen molar-refractivity contribution in [1.29, 1.82) is 0 Å². The maximum absolute atomic E-state index is 5.50. The Hall–Kier alpha value is -1.46.